The van der Waals surface area contributed by atoms with Crippen molar-refractivity contribution in [2.45, 2.75) is 24.3 Å². The first-order valence-electron chi connectivity index (χ1n) is 8.09. The van der Waals surface area contributed by atoms with Crippen LogP contribution >= 0.6 is 27.5 Å². The van der Waals surface area contributed by atoms with Crippen LogP contribution in [0, 0.1) is 0 Å². The van der Waals surface area contributed by atoms with Gasteiger partial charge in [0.25, 0.3) is 0 Å². The number of ether oxygens (including phenoxy) is 1. The molecule has 26 heavy (non-hydrogen) atoms. The number of halogens is 2. The van der Waals surface area contributed by atoms with Gasteiger partial charge in [-0.15, -0.1) is 0 Å². The molecule has 0 saturated carbocycles. The smallest absolute Gasteiger partial charge is 0.338 e. The van der Waals surface area contributed by atoms with E-state index in [0.717, 1.165) is 22.9 Å². The van der Waals surface area contributed by atoms with E-state index in [4.69, 9.17) is 16.3 Å². The summed E-state index contributed by atoms with van der Waals surface area (Å²) in [6.07, 6.45) is 1.65. The van der Waals surface area contributed by atoms with Crippen LogP contribution in [-0.2, 0) is 21.4 Å². The summed E-state index contributed by atoms with van der Waals surface area (Å²) in [6, 6.07) is 11.6. The minimum absolute atomic E-state index is 0.0563. The summed E-state index contributed by atoms with van der Waals surface area (Å²) in [5.41, 5.74) is 0.990. The Hall–Kier alpha value is -1.41. The third-order valence-electron chi connectivity index (χ3n) is 4.13. The predicted octanol–water partition coefficient (Wildman–Crippen LogP) is 4.24. The third kappa shape index (κ3) is 4.28. The molecule has 2 aromatic rings. The summed E-state index contributed by atoms with van der Waals surface area (Å²) in [4.78, 5) is 12.3. The molecule has 0 unspecified atom stereocenters. The van der Waals surface area contributed by atoms with Crippen molar-refractivity contribution in [3.8, 4) is 0 Å². The minimum Gasteiger partial charge on any atom is -0.457 e. The number of nitrogens with zero attached hydrogens (tertiary/aromatic N) is 1. The standard InChI is InChI=1S/C18H17BrClNO4S/c19-15-6-3-13(4-7-15)12-25-18(22)14-5-8-16(20)17(11-14)26(23,24)21-9-1-2-10-21/h3-8,11H,1-2,9-10,12H2. The zero-order chi connectivity index (χ0) is 18.7. The number of hydrogen-bond donors (Lipinski definition) is 0. The Balaban J connectivity index is 1.78. The van der Waals surface area contributed by atoms with Crippen LogP contribution < -0.4 is 0 Å². The summed E-state index contributed by atoms with van der Waals surface area (Å²) in [5, 5.41) is 0.0985. The molecule has 5 nitrogen and oxygen atoms in total. The molecule has 0 amide bonds. The molecular formula is C18H17BrClNO4S. The number of rotatable bonds is 5. The van der Waals surface area contributed by atoms with E-state index in [1.54, 1.807) is 0 Å². The number of carbonyl (C=O) groups excluding carboxylic acids is 1. The van der Waals surface area contributed by atoms with Crippen LogP contribution in [0.25, 0.3) is 0 Å². The van der Waals surface area contributed by atoms with Gasteiger partial charge >= 0.3 is 5.97 Å². The number of hydrogen-bond acceptors (Lipinski definition) is 4. The van der Waals surface area contributed by atoms with E-state index < -0.39 is 16.0 Å². The number of benzene rings is 2. The lowest BCUT2D eigenvalue weighted by molar-refractivity contribution is 0.0472. The van der Waals surface area contributed by atoms with Crippen molar-refractivity contribution in [2.24, 2.45) is 0 Å². The topological polar surface area (TPSA) is 63.7 Å². The fraction of sp³-hybridized carbons (Fsp3) is 0.278. The molecule has 0 spiro atoms. The van der Waals surface area contributed by atoms with Gasteiger partial charge in [0.05, 0.1) is 10.6 Å². The molecule has 2 aromatic carbocycles. The van der Waals surface area contributed by atoms with Crippen LogP contribution in [0.1, 0.15) is 28.8 Å². The highest BCUT2D eigenvalue weighted by atomic mass is 79.9. The van der Waals surface area contributed by atoms with Gasteiger partial charge in [-0.3, -0.25) is 0 Å². The van der Waals surface area contributed by atoms with Crippen LogP contribution in [-0.4, -0.2) is 31.8 Å². The van der Waals surface area contributed by atoms with Crippen LogP contribution in [0.2, 0.25) is 5.02 Å². The average Bonchev–Trinajstić information content (AvgIpc) is 3.17. The van der Waals surface area contributed by atoms with Gasteiger partial charge in [0.15, 0.2) is 0 Å². The Morgan fingerprint density at radius 3 is 2.42 bits per heavy atom. The second kappa shape index (κ2) is 8.08. The molecule has 1 heterocycles. The van der Waals surface area contributed by atoms with Crippen molar-refractivity contribution in [2.75, 3.05) is 13.1 Å². The molecule has 1 aliphatic rings. The summed E-state index contributed by atoms with van der Waals surface area (Å²) >= 11 is 9.43. The molecular weight excluding hydrogens is 442 g/mol. The fourth-order valence-corrected chi connectivity index (χ4v) is 4.99. The zero-order valence-electron chi connectivity index (χ0n) is 13.8. The molecule has 0 radical (unpaired) electrons. The fourth-order valence-electron chi connectivity index (χ4n) is 2.71. The molecule has 138 valence electrons. The van der Waals surface area contributed by atoms with Crippen molar-refractivity contribution >= 4 is 43.5 Å². The Labute approximate surface area is 166 Å². The van der Waals surface area contributed by atoms with Crippen LogP contribution in [0.15, 0.2) is 51.8 Å². The van der Waals surface area contributed by atoms with Crippen LogP contribution in [0.3, 0.4) is 0 Å². The molecule has 0 N–H and O–H groups in total. The summed E-state index contributed by atoms with van der Waals surface area (Å²) in [5.74, 6) is -0.595. The normalized spacial score (nSPS) is 15.2. The molecule has 1 aliphatic heterocycles. The van der Waals surface area contributed by atoms with E-state index in [9.17, 15) is 13.2 Å². The van der Waals surface area contributed by atoms with Gasteiger partial charge < -0.3 is 4.74 Å². The maximum Gasteiger partial charge on any atom is 0.338 e. The molecule has 0 aromatic heterocycles. The Morgan fingerprint density at radius 1 is 1.12 bits per heavy atom. The molecule has 1 saturated heterocycles. The molecule has 3 rings (SSSR count). The van der Waals surface area contributed by atoms with Crippen molar-refractivity contribution in [1.82, 2.24) is 4.31 Å². The van der Waals surface area contributed by atoms with Crippen molar-refractivity contribution in [3.05, 3.63) is 63.1 Å². The largest absolute Gasteiger partial charge is 0.457 e. The van der Waals surface area contributed by atoms with Crippen LogP contribution in [0.4, 0.5) is 0 Å². The molecule has 0 aliphatic carbocycles. The van der Waals surface area contributed by atoms with Crippen molar-refractivity contribution in [3.63, 3.8) is 0 Å². The molecule has 0 atom stereocenters. The van der Waals surface area contributed by atoms with E-state index >= 15 is 0 Å². The van der Waals surface area contributed by atoms with Crippen molar-refractivity contribution < 1.29 is 17.9 Å². The van der Waals surface area contributed by atoms with Gasteiger partial charge in [0.1, 0.15) is 11.5 Å². The SMILES string of the molecule is O=C(OCc1ccc(Br)cc1)c1ccc(Cl)c(S(=O)(=O)N2CCCC2)c1. The first-order chi connectivity index (χ1) is 12.4. The second-order valence-electron chi connectivity index (χ2n) is 5.96. The lowest BCUT2D eigenvalue weighted by Gasteiger charge is -2.17. The Morgan fingerprint density at radius 2 is 1.77 bits per heavy atom. The highest BCUT2D eigenvalue weighted by Gasteiger charge is 2.29. The minimum atomic E-state index is -3.71. The van der Waals surface area contributed by atoms with Gasteiger partial charge in [0.2, 0.25) is 10.0 Å². The lowest BCUT2D eigenvalue weighted by Crippen LogP contribution is -2.28. The van der Waals surface area contributed by atoms with Crippen LogP contribution in [0.5, 0.6) is 0 Å². The molecule has 1 fully saturated rings. The molecule has 0 bridgehead atoms. The third-order valence-corrected chi connectivity index (χ3v) is 7.04. The monoisotopic (exact) mass is 457 g/mol. The van der Waals surface area contributed by atoms with E-state index in [1.807, 2.05) is 24.3 Å². The van der Waals surface area contributed by atoms with Gasteiger partial charge in [-0.1, -0.05) is 39.7 Å². The summed E-state index contributed by atoms with van der Waals surface area (Å²) in [6.45, 7) is 1.04. The van der Waals surface area contributed by atoms with E-state index in [1.165, 1.54) is 22.5 Å². The van der Waals surface area contributed by atoms with Gasteiger partial charge in [-0.25, -0.2) is 13.2 Å². The highest BCUT2D eigenvalue weighted by molar-refractivity contribution is 9.10. The quantitative estimate of drug-likeness (QED) is 0.629. The predicted molar refractivity (Wildman–Crippen MR) is 103 cm³/mol. The average molecular weight is 459 g/mol. The zero-order valence-corrected chi connectivity index (χ0v) is 17.0. The number of esters is 1. The number of carbonyl (C=O) groups is 1. The summed E-state index contributed by atoms with van der Waals surface area (Å²) < 4.78 is 33.1. The Kier molecular flexibility index (Phi) is 6.02. The van der Waals surface area contributed by atoms with Gasteiger partial charge in [-0.05, 0) is 48.7 Å². The number of sulfonamides is 1. The van der Waals surface area contributed by atoms with E-state index in [2.05, 4.69) is 15.9 Å². The maximum absolute atomic E-state index is 12.7. The van der Waals surface area contributed by atoms with Crippen molar-refractivity contribution in [1.29, 1.82) is 0 Å². The first kappa shape index (κ1) is 19.4. The van der Waals surface area contributed by atoms with Gasteiger partial charge in [0, 0.05) is 17.6 Å². The lowest BCUT2D eigenvalue weighted by atomic mass is 10.2. The summed E-state index contributed by atoms with van der Waals surface area (Å²) in [7, 11) is -3.71. The van der Waals surface area contributed by atoms with E-state index in [0.29, 0.717) is 13.1 Å². The van der Waals surface area contributed by atoms with E-state index in [-0.39, 0.29) is 22.1 Å². The first-order valence-corrected chi connectivity index (χ1v) is 10.7. The Bertz CT molecular complexity index is 909. The van der Waals surface area contributed by atoms with Gasteiger partial charge in [-0.2, -0.15) is 4.31 Å². The second-order valence-corrected chi connectivity index (χ2v) is 9.19. The maximum atomic E-state index is 12.7. The highest BCUT2D eigenvalue weighted by Crippen LogP contribution is 2.28. The molecule has 8 heteroatoms.